The maximum atomic E-state index is 11.8. The van der Waals surface area contributed by atoms with Crippen LogP contribution in [-0.4, -0.2) is 28.6 Å². The molecule has 0 aliphatic heterocycles. The molecule has 0 radical (unpaired) electrons. The molecule has 0 N–H and O–H groups in total. The van der Waals surface area contributed by atoms with E-state index in [-0.39, 0.29) is 11.5 Å². The highest BCUT2D eigenvalue weighted by molar-refractivity contribution is 7.85. The molecule has 0 aliphatic carbocycles. The summed E-state index contributed by atoms with van der Waals surface area (Å²) in [7, 11) is 0.452. The van der Waals surface area contributed by atoms with Crippen molar-refractivity contribution in [3.63, 3.8) is 0 Å². The lowest BCUT2D eigenvalue weighted by Gasteiger charge is -2.08. The van der Waals surface area contributed by atoms with Crippen molar-refractivity contribution in [3.8, 4) is 5.75 Å². The van der Waals surface area contributed by atoms with Crippen LogP contribution in [0, 0.1) is 6.92 Å². The van der Waals surface area contributed by atoms with E-state index in [0.29, 0.717) is 17.1 Å². The van der Waals surface area contributed by atoms with Gasteiger partial charge in [-0.15, -0.1) is 0 Å². The van der Waals surface area contributed by atoms with Crippen molar-refractivity contribution in [2.45, 2.75) is 13.8 Å². The van der Waals surface area contributed by atoms with Crippen LogP contribution in [-0.2, 0) is 10.8 Å². The highest BCUT2D eigenvalue weighted by Gasteiger charge is 2.14. The molecular weight excluding hydrogens is 224 g/mol. The Balaban J connectivity index is 2.94. The lowest BCUT2D eigenvalue weighted by molar-refractivity contribution is 0.101. The van der Waals surface area contributed by atoms with E-state index in [0.717, 1.165) is 5.56 Å². The Labute approximate surface area is 98.3 Å². The number of methoxy groups -OCH3 is 1. The molecule has 0 aromatic heterocycles. The van der Waals surface area contributed by atoms with Crippen LogP contribution < -0.4 is 4.74 Å². The van der Waals surface area contributed by atoms with Gasteiger partial charge in [0.2, 0.25) is 0 Å². The number of ether oxygens (including phenoxy) is 1. The lowest BCUT2D eigenvalue weighted by atomic mass is 10.1. The second-order valence-corrected chi connectivity index (χ2v) is 5.25. The van der Waals surface area contributed by atoms with E-state index in [1.807, 2.05) is 19.1 Å². The Morgan fingerprint density at radius 3 is 2.69 bits per heavy atom. The number of hydrogen-bond donors (Lipinski definition) is 0. The molecule has 1 rings (SSSR count). The predicted octanol–water partition coefficient (Wildman–Crippen LogP) is 1.95. The van der Waals surface area contributed by atoms with Gasteiger partial charge in [-0.25, -0.2) is 0 Å². The fourth-order valence-corrected chi connectivity index (χ4v) is 2.01. The second-order valence-electron chi connectivity index (χ2n) is 3.50. The highest BCUT2D eigenvalue weighted by Crippen LogP contribution is 2.20. The number of carbonyl (C=O) groups excluding carboxylic acids is 1. The molecule has 1 aromatic carbocycles. The molecule has 0 heterocycles. The summed E-state index contributed by atoms with van der Waals surface area (Å²) in [5.74, 6) is 0.991. The van der Waals surface area contributed by atoms with E-state index >= 15 is 0 Å². The van der Waals surface area contributed by atoms with Gasteiger partial charge in [0.25, 0.3) is 0 Å². The van der Waals surface area contributed by atoms with Crippen molar-refractivity contribution in [2.75, 3.05) is 18.6 Å². The minimum absolute atomic E-state index is 0.0654. The molecule has 88 valence electrons. The zero-order chi connectivity index (χ0) is 12.1. The summed E-state index contributed by atoms with van der Waals surface area (Å²) in [4.78, 5) is 11.8. The Morgan fingerprint density at radius 2 is 2.12 bits per heavy atom. The van der Waals surface area contributed by atoms with E-state index in [1.165, 1.54) is 7.11 Å². The summed E-state index contributed by atoms with van der Waals surface area (Å²) in [6, 6.07) is 5.38. The average molecular weight is 240 g/mol. The van der Waals surface area contributed by atoms with Gasteiger partial charge in [-0.2, -0.15) is 0 Å². The summed E-state index contributed by atoms with van der Waals surface area (Å²) >= 11 is 0. The standard InChI is InChI=1S/C12H16O3S/c1-4-16(14)8-11(13)10-6-5-9(2)7-12(10)15-3/h5-7H,4,8H2,1-3H3. The van der Waals surface area contributed by atoms with Gasteiger partial charge in [0.05, 0.1) is 18.4 Å². The zero-order valence-electron chi connectivity index (χ0n) is 9.78. The normalized spacial score (nSPS) is 12.2. The zero-order valence-corrected chi connectivity index (χ0v) is 10.6. The first kappa shape index (κ1) is 12.9. The van der Waals surface area contributed by atoms with Gasteiger partial charge in [0, 0.05) is 16.6 Å². The van der Waals surface area contributed by atoms with E-state index in [1.54, 1.807) is 13.0 Å². The fourth-order valence-electron chi connectivity index (χ4n) is 1.35. The number of benzene rings is 1. The third kappa shape index (κ3) is 3.17. The first-order valence-electron chi connectivity index (χ1n) is 5.11. The molecule has 3 nitrogen and oxygen atoms in total. The third-order valence-electron chi connectivity index (χ3n) is 2.27. The topological polar surface area (TPSA) is 43.4 Å². The Morgan fingerprint density at radius 1 is 1.44 bits per heavy atom. The van der Waals surface area contributed by atoms with E-state index < -0.39 is 10.8 Å². The molecule has 0 saturated carbocycles. The summed E-state index contributed by atoms with van der Waals surface area (Å²) in [5.41, 5.74) is 1.54. The number of Topliss-reactive ketones (excluding diaryl/α,β-unsaturated/α-hetero) is 1. The molecule has 0 amide bonds. The largest absolute Gasteiger partial charge is 0.496 e. The highest BCUT2D eigenvalue weighted by atomic mass is 32.2. The van der Waals surface area contributed by atoms with Gasteiger partial charge in [0.1, 0.15) is 5.75 Å². The average Bonchev–Trinajstić information content (AvgIpc) is 2.28. The minimum atomic E-state index is -1.08. The van der Waals surface area contributed by atoms with Gasteiger partial charge >= 0.3 is 0 Å². The summed E-state index contributed by atoms with van der Waals surface area (Å²) in [5, 5.41) is 0. The molecule has 4 heteroatoms. The van der Waals surface area contributed by atoms with E-state index in [9.17, 15) is 9.00 Å². The number of aryl methyl sites for hydroxylation is 1. The molecule has 0 spiro atoms. The second kappa shape index (κ2) is 5.80. The van der Waals surface area contributed by atoms with Crippen molar-refractivity contribution >= 4 is 16.6 Å². The van der Waals surface area contributed by atoms with Gasteiger partial charge in [-0.3, -0.25) is 9.00 Å². The van der Waals surface area contributed by atoms with Crippen LogP contribution in [0.1, 0.15) is 22.8 Å². The van der Waals surface area contributed by atoms with Crippen LogP contribution in [0.25, 0.3) is 0 Å². The van der Waals surface area contributed by atoms with Crippen molar-refractivity contribution in [3.05, 3.63) is 29.3 Å². The van der Waals surface area contributed by atoms with Gasteiger partial charge in [-0.1, -0.05) is 13.0 Å². The van der Waals surface area contributed by atoms with Crippen molar-refractivity contribution in [1.29, 1.82) is 0 Å². The lowest BCUT2D eigenvalue weighted by Crippen LogP contribution is -2.13. The van der Waals surface area contributed by atoms with E-state index in [2.05, 4.69) is 0 Å². The molecule has 1 atom stereocenters. The molecule has 0 aliphatic rings. The molecule has 16 heavy (non-hydrogen) atoms. The van der Waals surface area contributed by atoms with Crippen molar-refractivity contribution in [2.24, 2.45) is 0 Å². The maximum Gasteiger partial charge on any atom is 0.179 e. The molecular formula is C12H16O3S. The van der Waals surface area contributed by atoms with Crippen molar-refractivity contribution < 1.29 is 13.7 Å². The molecule has 0 saturated heterocycles. The van der Waals surface area contributed by atoms with Crippen LogP contribution in [0.3, 0.4) is 0 Å². The van der Waals surface area contributed by atoms with Crippen molar-refractivity contribution in [1.82, 2.24) is 0 Å². The third-order valence-corrected chi connectivity index (χ3v) is 3.50. The first-order valence-corrected chi connectivity index (χ1v) is 6.60. The van der Waals surface area contributed by atoms with Crippen LogP contribution in [0.5, 0.6) is 5.75 Å². The maximum absolute atomic E-state index is 11.8. The molecule has 0 bridgehead atoms. The molecule has 1 aromatic rings. The number of carbonyl (C=O) groups is 1. The van der Waals surface area contributed by atoms with Gasteiger partial charge in [0.15, 0.2) is 5.78 Å². The number of ketones is 1. The quantitative estimate of drug-likeness (QED) is 0.739. The number of rotatable bonds is 5. The predicted molar refractivity (Wildman–Crippen MR) is 65.6 cm³/mol. The Kier molecular flexibility index (Phi) is 4.68. The monoisotopic (exact) mass is 240 g/mol. The minimum Gasteiger partial charge on any atom is -0.496 e. The molecule has 0 fully saturated rings. The Hall–Kier alpha value is -1.16. The van der Waals surface area contributed by atoms with Crippen LogP contribution in [0.2, 0.25) is 0 Å². The smallest absolute Gasteiger partial charge is 0.179 e. The van der Waals surface area contributed by atoms with Crippen LogP contribution in [0.15, 0.2) is 18.2 Å². The Bertz CT molecular complexity index is 413. The summed E-state index contributed by atoms with van der Waals surface area (Å²) in [6.45, 7) is 3.73. The SMILES string of the molecule is CCS(=O)CC(=O)c1ccc(C)cc1OC. The summed E-state index contributed by atoms with van der Waals surface area (Å²) < 4.78 is 16.5. The van der Waals surface area contributed by atoms with Crippen LogP contribution in [0.4, 0.5) is 0 Å². The molecule has 1 unspecified atom stereocenters. The van der Waals surface area contributed by atoms with E-state index in [4.69, 9.17) is 4.74 Å². The summed E-state index contributed by atoms with van der Waals surface area (Å²) in [6.07, 6.45) is 0. The first-order chi connectivity index (χ1) is 7.58. The number of hydrogen-bond acceptors (Lipinski definition) is 3. The van der Waals surface area contributed by atoms with Gasteiger partial charge in [-0.05, 0) is 24.6 Å². The fraction of sp³-hybridized carbons (Fsp3) is 0.417. The van der Waals surface area contributed by atoms with Crippen LogP contribution >= 0.6 is 0 Å². The van der Waals surface area contributed by atoms with Gasteiger partial charge < -0.3 is 4.74 Å².